The van der Waals surface area contributed by atoms with Crippen LogP contribution in [0, 0.1) is 11.8 Å². The Balaban J connectivity index is 2.32. The van der Waals surface area contributed by atoms with Crippen LogP contribution in [0.2, 0.25) is 0 Å². The average molecular weight is 213 g/mol. The number of carbonyl (C=O) groups is 1. The highest BCUT2D eigenvalue weighted by Crippen LogP contribution is 2.27. The summed E-state index contributed by atoms with van der Waals surface area (Å²) in [6.07, 6.45) is 4.83. The maximum Gasteiger partial charge on any atom is 0.138 e. The largest absolute Gasteiger partial charge is 0.385 e. The van der Waals surface area contributed by atoms with Gasteiger partial charge in [0.2, 0.25) is 0 Å². The number of ketones is 1. The number of hydrogen-bond acceptors (Lipinski definition) is 3. The molecule has 0 aromatic rings. The fraction of sp³-hybridized carbons (Fsp3) is 0.917. The van der Waals surface area contributed by atoms with Gasteiger partial charge in [0.15, 0.2) is 0 Å². The van der Waals surface area contributed by atoms with Gasteiger partial charge in [0.1, 0.15) is 5.78 Å². The second kappa shape index (κ2) is 6.23. The summed E-state index contributed by atoms with van der Waals surface area (Å²) in [5.74, 6) is 0.819. The van der Waals surface area contributed by atoms with E-state index in [1.165, 1.54) is 0 Å². The second-order valence-corrected chi connectivity index (χ2v) is 4.70. The van der Waals surface area contributed by atoms with Crippen molar-refractivity contribution in [1.82, 2.24) is 0 Å². The van der Waals surface area contributed by atoms with Crippen LogP contribution in [0.15, 0.2) is 0 Å². The Labute approximate surface area is 92.4 Å². The van der Waals surface area contributed by atoms with Crippen LogP contribution in [0.4, 0.5) is 0 Å². The Kier molecular flexibility index (Phi) is 5.26. The number of Topliss-reactive ketones (excluding diaryl/α,β-unsaturated/α-hetero) is 1. The van der Waals surface area contributed by atoms with Crippen molar-refractivity contribution >= 4 is 5.78 Å². The van der Waals surface area contributed by atoms with Crippen LogP contribution in [0.5, 0.6) is 0 Å². The number of ether oxygens (including phenoxy) is 1. The van der Waals surface area contributed by atoms with E-state index in [1.54, 1.807) is 7.11 Å². The molecule has 1 saturated carbocycles. The minimum Gasteiger partial charge on any atom is -0.385 e. The molecule has 3 heteroatoms. The summed E-state index contributed by atoms with van der Waals surface area (Å²) in [7, 11) is 1.68. The van der Waals surface area contributed by atoms with Gasteiger partial charge in [0, 0.05) is 31.6 Å². The van der Waals surface area contributed by atoms with E-state index in [0.717, 1.165) is 32.1 Å². The lowest BCUT2D eigenvalue weighted by atomic mass is 9.80. The third kappa shape index (κ3) is 3.92. The van der Waals surface area contributed by atoms with Crippen molar-refractivity contribution in [3.63, 3.8) is 0 Å². The molecule has 0 aliphatic heterocycles. The zero-order chi connectivity index (χ0) is 11.3. The van der Waals surface area contributed by atoms with E-state index >= 15 is 0 Å². The second-order valence-electron chi connectivity index (χ2n) is 4.70. The SMILES string of the molecule is COCCC(C)C(=O)C1CCC(N)CC1. The molecule has 0 amide bonds. The topological polar surface area (TPSA) is 52.3 Å². The molecule has 0 heterocycles. The molecule has 0 aromatic heterocycles. The van der Waals surface area contributed by atoms with Crippen LogP contribution < -0.4 is 5.73 Å². The highest BCUT2D eigenvalue weighted by atomic mass is 16.5. The maximum atomic E-state index is 12.0. The minimum absolute atomic E-state index is 0.143. The molecular weight excluding hydrogens is 190 g/mol. The average Bonchev–Trinajstić information content (AvgIpc) is 2.26. The summed E-state index contributed by atoms with van der Waals surface area (Å²) in [5, 5.41) is 0. The smallest absolute Gasteiger partial charge is 0.138 e. The molecule has 1 unspecified atom stereocenters. The predicted molar refractivity (Wildman–Crippen MR) is 60.6 cm³/mol. The Bertz CT molecular complexity index is 198. The Hall–Kier alpha value is -0.410. The van der Waals surface area contributed by atoms with Crippen LogP contribution >= 0.6 is 0 Å². The van der Waals surface area contributed by atoms with Gasteiger partial charge < -0.3 is 10.5 Å². The molecule has 3 nitrogen and oxygen atoms in total. The zero-order valence-corrected chi connectivity index (χ0v) is 9.87. The van der Waals surface area contributed by atoms with Crippen molar-refractivity contribution in [2.24, 2.45) is 17.6 Å². The molecule has 1 atom stereocenters. The monoisotopic (exact) mass is 213 g/mol. The lowest BCUT2D eigenvalue weighted by Gasteiger charge is -2.26. The maximum absolute atomic E-state index is 12.0. The first-order valence-corrected chi connectivity index (χ1v) is 5.93. The standard InChI is InChI=1S/C12H23NO2/c1-9(7-8-15-2)12(14)10-3-5-11(13)6-4-10/h9-11H,3-8,13H2,1-2H3. The van der Waals surface area contributed by atoms with Crippen LogP contribution in [-0.2, 0) is 9.53 Å². The van der Waals surface area contributed by atoms with Gasteiger partial charge in [0.05, 0.1) is 0 Å². The van der Waals surface area contributed by atoms with Gasteiger partial charge in [-0.25, -0.2) is 0 Å². The number of carbonyl (C=O) groups excluding carboxylic acids is 1. The zero-order valence-electron chi connectivity index (χ0n) is 9.87. The Morgan fingerprint density at radius 2 is 2.00 bits per heavy atom. The number of hydrogen-bond donors (Lipinski definition) is 1. The van der Waals surface area contributed by atoms with Crippen molar-refractivity contribution in [1.29, 1.82) is 0 Å². The number of methoxy groups -OCH3 is 1. The third-order valence-electron chi connectivity index (χ3n) is 3.41. The summed E-state index contributed by atoms with van der Waals surface area (Å²) in [4.78, 5) is 12.0. The highest BCUT2D eigenvalue weighted by Gasteiger charge is 2.27. The molecule has 1 aliphatic carbocycles. The summed E-state index contributed by atoms with van der Waals surface area (Å²) in [6, 6.07) is 0.323. The molecule has 1 rings (SSSR count). The van der Waals surface area contributed by atoms with Crippen molar-refractivity contribution in [3.8, 4) is 0 Å². The molecule has 1 fully saturated rings. The first-order chi connectivity index (χ1) is 7.15. The molecule has 0 aromatic carbocycles. The van der Waals surface area contributed by atoms with Crippen molar-refractivity contribution < 1.29 is 9.53 Å². The van der Waals surface area contributed by atoms with Crippen molar-refractivity contribution in [2.75, 3.05) is 13.7 Å². The normalized spacial score (nSPS) is 28.7. The molecule has 2 N–H and O–H groups in total. The first kappa shape index (κ1) is 12.7. The van der Waals surface area contributed by atoms with Crippen LogP contribution in [-0.4, -0.2) is 25.5 Å². The van der Waals surface area contributed by atoms with Crippen molar-refractivity contribution in [2.45, 2.75) is 45.1 Å². The molecule has 0 bridgehead atoms. The summed E-state index contributed by atoms with van der Waals surface area (Å²) < 4.78 is 4.99. The minimum atomic E-state index is 0.143. The number of nitrogens with two attached hydrogens (primary N) is 1. The van der Waals surface area contributed by atoms with Gasteiger partial charge in [-0.1, -0.05) is 6.92 Å². The molecule has 0 radical (unpaired) electrons. The van der Waals surface area contributed by atoms with Crippen LogP contribution in [0.1, 0.15) is 39.0 Å². The summed E-state index contributed by atoms with van der Waals surface area (Å²) >= 11 is 0. The van der Waals surface area contributed by atoms with E-state index in [4.69, 9.17) is 10.5 Å². The molecule has 0 saturated heterocycles. The lowest BCUT2D eigenvalue weighted by Crippen LogP contribution is -2.32. The van der Waals surface area contributed by atoms with Gasteiger partial charge in [-0.3, -0.25) is 4.79 Å². The summed E-state index contributed by atoms with van der Waals surface area (Å²) in [5.41, 5.74) is 5.82. The van der Waals surface area contributed by atoms with Crippen LogP contribution in [0.3, 0.4) is 0 Å². The van der Waals surface area contributed by atoms with E-state index in [-0.39, 0.29) is 11.8 Å². The Morgan fingerprint density at radius 3 is 2.53 bits per heavy atom. The van der Waals surface area contributed by atoms with E-state index in [2.05, 4.69) is 0 Å². The van der Waals surface area contributed by atoms with E-state index < -0.39 is 0 Å². The fourth-order valence-electron chi connectivity index (χ4n) is 2.24. The van der Waals surface area contributed by atoms with E-state index in [1.807, 2.05) is 6.92 Å². The highest BCUT2D eigenvalue weighted by molar-refractivity contribution is 5.83. The molecule has 0 spiro atoms. The molecule has 15 heavy (non-hydrogen) atoms. The van der Waals surface area contributed by atoms with Gasteiger partial charge >= 0.3 is 0 Å². The van der Waals surface area contributed by atoms with Gasteiger partial charge in [0.25, 0.3) is 0 Å². The summed E-state index contributed by atoms with van der Waals surface area (Å²) in [6.45, 7) is 2.69. The molecule has 88 valence electrons. The van der Waals surface area contributed by atoms with Crippen molar-refractivity contribution in [3.05, 3.63) is 0 Å². The van der Waals surface area contributed by atoms with Gasteiger partial charge in [-0.2, -0.15) is 0 Å². The van der Waals surface area contributed by atoms with E-state index in [9.17, 15) is 4.79 Å². The molecular formula is C12H23NO2. The van der Waals surface area contributed by atoms with E-state index in [0.29, 0.717) is 18.4 Å². The van der Waals surface area contributed by atoms with Gasteiger partial charge in [-0.05, 0) is 32.1 Å². The predicted octanol–water partition coefficient (Wildman–Crippen LogP) is 1.75. The van der Waals surface area contributed by atoms with Gasteiger partial charge in [-0.15, -0.1) is 0 Å². The fourth-order valence-corrected chi connectivity index (χ4v) is 2.24. The van der Waals surface area contributed by atoms with Crippen LogP contribution in [0.25, 0.3) is 0 Å². The number of rotatable bonds is 5. The third-order valence-corrected chi connectivity index (χ3v) is 3.41. The molecule has 1 aliphatic rings. The lowest BCUT2D eigenvalue weighted by molar-refractivity contribution is -0.127. The Morgan fingerprint density at radius 1 is 1.40 bits per heavy atom. The first-order valence-electron chi connectivity index (χ1n) is 5.93. The quantitative estimate of drug-likeness (QED) is 0.757.